The fourth-order valence-corrected chi connectivity index (χ4v) is 1.92. The molecule has 0 saturated carbocycles. The second-order valence-corrected chi connectivity index (χ2v) is 5.28. The molecule has 1 aromatic rings. The normalized spacial score (nSPS) is 10.6. The lowest BCUT2D eigenvalue weighted by Gasteiger charge is -2.08. The molecule has 0 aliphatic rings. The SMILES string of the molecule is CC(C)CCCOc1cc(Br)cc(C(=O)O)c1. The Kier molecular flexibility index (Phi) is 5.48. The molecule has 0 atom stereocenters. The number of benzene rings is 1. The summed E-state index contributed by atoms with van der Waals surface area (Å²) >= 11 is 3.27. The van der Waals surface area contributed by atoms with Crippen LogP contribution >= 0.6 is 15.9 Å². The van der Waals surface area contributed by atoms with Gasteiger partial charge in [0.05, 0.1) is 12.2 Å². The molecule has 0 heterocycles. The zero-order chi connectivity index (χ0) is 12.8. The largest absolute Gasteiger partial charge is 0.494 e. The van der Waals surface area contributed by atoms with Crippen LogP contribution in [0.15, 0.2) is 22.7 Å². The molecule has 0 radical (unpaired) electrons. The Labute approximate surface area is 110 Å². The first-order chi connectivity index (χ1) is 7.99. The minimum atomic E-state index is -0.946. The molecule has 0 bridgehead atoms. The van der Waals surface area contributed by atoms with E-state index in [-0.39, 0.29) is 5.56 Å². The van der Waals surface area contributed by atoms with Crippen LogP contribution in [0.5, 0.6) is 5.75 Å². The number of hydrogen-bond donors (Lipinski definition) is 1. The minimum Gasteiger partial charge on any atom is -0.494 e. The molecular weight excluding hydrogens is 284 g/mol. The van der Waals surface area contributed by atoms with Crippen LogP contribution in [0.2, 0.25) is 0 Å². The van der Waals surface area contributed by atoms with E-state index >= 15 is 0 Å². The van der Waals surface area contributed by atoms with Crippen molar-refractivity contribution in [1.29, 1.82) is 0 Å². The van der Waals surface area contributed by atoms with Gasteiger partial charge in [-0.3, -0.25) is 0 Å². The van der Waals surface area contributed by atoms with Crippen molar-refractivity contribution in [3.05, 3.63) is 28.2 Å². The molecule has 0 unspecified atom stereocenters. The van der Waals surface area contributed by atoms with Gasteiger partial charge in [0.2, 0.25) is 0 Å². The van der Waals surface area contributed by atoms with Crippen molar-refractivity contribution in [2.45, 2.75) is 26.7 Å². The van der Waals surface area contributed by atoms with Crippen molar-refractivity contribution in [2.75, 3.05) is 6.61 Å². The monoisotopic (exact) mass is 300 g/mol. The topological polar surface area (TPSA) is 46.5 Å². The number of halogens is 1. The minimum absolute atomic E-state index is 0.234. The summed E-state index contributed by atoms with van der Waals surface area (Å²) < 4.78 is 6.25. The molecule has 0 aliphatic carbocycles. The molecule has 0 spiro atoms. The molecule has 1 rings (SSSR count). The zero-order valence-corrected chi connectivity index (χ0v) is 11.7. The Hall–Kier alpha value is -1.03. The summed E-state index contributed by atoms with van der Waals surface area (Å²) in [6.45, 7) is 4.96. The van der Waals surface area contributed by atoms with Gasteiger partial charge in [-0.1, -0.05) is 29.8 Å². The third-order valence-electron chi connectivity index (χ3n) is 2.31. The van der Waals surface area contributed by atoms with E-state index in [1.165, 1.54) is 0 Å². The van der Waals surface area contributed by atoms with E-state index in [1.54, 1.807) is 18.2 Å². The molecular formula is C13H17BrO3. The Bertz CT molecular complexity index is 388. The van der Waals surface area contributed by atoms with Gasteiger partial charge in [-0.15, -0.1) is 0 Å². The van der Waals surface area contributed by atoms with Gasteiger partial charge in [0.15, 0.2) is 0 Å². The van der Waals surface area contributed by atoms with E-state index in [0.29, 0.717) is 18.3 Å². The molecule has 94 valence electrons. The average molecular weight is 301 g/mol. The first-order valence-corrected chi connectivity index (χ1v) is 6.45. The third-order valence-corrected chi connectivity index (χ3v) is 2.77. The Balaban J connectivity index is 2.56. The van der Waals surface area contributed by atoms with Crippen molar-refractivity contribution in [1.82, 2.24) is 0 Å². The summed E-state index contributed by atoms with van der Waals surface area (Å²) in [6, 6.07) is 4.88. The van der Waals surface area contributed by atoms with Crippen LogP contribution in [0.1, 0.15) is 37.0 Å². The van der Waals surface area contributed by atoms with E-state index in [4.69, 9.17) is 9.84 Å². The highest BCUT2D eigenvalue weighted by Gasteiger charge is 2.06. The number of ether oxygens (including phenoxy) is 1. The van der Waals surface area contributed by atoms with Crippen molar-refractivity contribution in [3.8, 4) is 5.75 Å². The summed E-state index contributed by atoms with van der Waals surface area (Å²) in [6.07, 6.45) is 2.09. The number of carboxylic acid groups (broad SMARTS) is 1. The first-order valence-electron chi connectivity index (χ1n) is 5.65. The van der Waals surface area contributed by atoms with Crippen molar-refractivity contribution < 1.29 is 14.6 Å². The van der Waals surface area contributed by atoms with Gasteiger partial charge in [-0.2, -0.15) is 0 Å². The molecule has 0 saturated heterocycles. The summed E-state index contributed by atoms with van der Waals surface area (Å²) in [5, 5.41) is 8.90. The van der Waals surface area contributed by atoms with E-state index in [9.17, 15) is 4.79 Å². The highest BCUT2D eigenvalue weighted by molar-refractivity contribution is 9.10. The number of hydrogen-bond acceptors (Lipinski definition) is 2. The molecule has 0 aliphatic heterocycles. The van der Waals surface area contributed by atoms with E-state index in [0.717, 1.165) is 17.3 Å². The molecule has 0 amide bonds. The van der Waals surface area contributed by atoms with E-state index < -0.39 is 5.97 Å². The lowest BCUT2D eigenvalue weighted by atomic mass is 10.1. The van der Waals surface area contributed by atoms with Crippen LogP contribution in [0.4, 0.5) is 0 Å². The average Bonchev–Trinajstić information content (AvgIpc) is 2.23. The van der Waals surface area contributed by atoms with Crippen LogP contribution in [-0.4, -0.2) is 17.7 Å². The Morgan fingerprint density at radius 2 is 2.12 bits per heavy atom. The predicted molar refractivity (Wildman–Crippen MR) is 70.7 cm³/mol. The Morgan fingerprint density at radius 1 is 1.41 bits per heavy atom. The maximum atomic E-state index is 10.8. The fourth-order valence-electron chi connectivity index (χ4n) is 1.45. The number of carbonyl (C=O) groups is 1. The van der Waals surface area contributed by atoms with Gasteiger partial charge < -0.3 is 9.84 Å². The van der Waals surface area contributed by atoms with Crippen LogP contribution in [-0.2, 0) is 0 Å². The summed E-state index contributed by atoms with van der Waals surface area (Å²) in [4.78, 5) is 10.8. The van der Waals surface area contributed by atoms with E-state index in [2.05, 4.69) is 29.8 Å². The van der Waals surface area contributed by atoms with Crippen molar-refractivity contribution in [3.63, 3.8) is 0 Å². The summed E-state index contributed by atoms with van der Waals surface area (Å²) in [5.41, 5.74) is 0.234. The standard InChI is InChI=1S/C13H17BrO3/c1-9(2)4-3-5-17-12-7-10(13(15)16)6-11(14)8-12/h6-9H,3-5H2,1-2H3,(H,15,16). The van der Waals surface area contributed by atoms with Crippen LogP contribution in [0.3, 0.4) is 0 Å². The van der Waals surface area contributed by atoms with Crippen molar-refractivity contribution in [2.24, 2.45) is 5.92 Å². The van der Waals surface area contributed by atoms with Gasteiger partial charge >= 0.3 is 5.97 Å². The second-order valence-electron chi connectivity index (χ2n) is 4.37. The highest BCUT2D eigenvalue weighted by atomic mass is 79.9. The smallest absolute Gasteiger partial charge is 0.335 e. The molecule has 4 heteroatoms. The quantitative estimate of drug-likeness (QED) is 0.809. The van der Waals surface area contributed by atoms with E-state index in [1.807, 2.05) is 0 Å². The predicted octanol–water partition coefficient (Wildman–Crippen LogP) is 3.96. The van der Waals surface area contributed by atoms with Crippen LogP contribution in [0, 0.1) is 5.92 Å². The number of rotatable bonds is 6. The maximum Gasteiger partial charge on any atom is 0.335 e. The maximum absolute atomic E-state index is 10.8. The first kappa shape index (κ1) is 14.0. The lowest BCUT2D eigenvalue weighted by molar-refractivity contribution is 0.0696. The van der Waals surface area contributed by atoms with Crippen molar-refractivity contribution >= 4 is 21.9 Å². The number of carboxylic acids is 1. The molecule has 1 aromatic carbocycles. The third kappa shape index (κ3) is 5.22. The number of aromatic carboxylic acids is 1. The molecule has 17 heavy (non-hydrogen) atoms. The molecule has 0 aromatic heterocycles. The van der Waals surface area contributed by atoms with Crippen LogP contribution < -0.4 is 4.74 Å². The Morgan fingerprint density at radius 3 is 2.71 bits per heavy atom. The van der Waals surface area contributed by atoms with Gasteiger partial charge in [-0.05, 0) is 37.0 Å². The van der Waals surface area contributed by atoms with Gasteiger partial charge in [0.25, 0.3) is 0 Å². The second kappa shape index (κ2) is 6.64. The van der Waals surface area contributed by atoms with Crippen LogP contribution in [0.25, 0.3) is 0 Å². The molecule has 3 nitrogen and oxygen atoms in total. The summed E-state index contributed by atoms with van der Waals surface area (Å²) in [5.74, 6) is 0.314. The van der Waals surface area contributed by atoms with Gasteiger partial charge in [0, 0.05) is 4.47 Å². The highest BCUT2D eigenvalue weighted by Crippen LogP contribution is 2.22. The molecule has 1 N–H and O–H groups in total. The zero-order valence-electron chi connectivity index (χ0n) is 10.1. The lowest BCUT2D eigenvalue weighted by Crippen LogP contribution is -2.02. The van der Waals surface area contributed by atoms with Gasteiger partial charge in [0.1, 0.15) is 5.75 Å². The summed E-state index contributed by atoms with van der Waals surface area (Å²) in [7, 11) is 0. The molecule has 0 fully saturated rings. The fraction of sp³-hybridized carbons (Fsp3) is 0.462. The van der Waals surface area contributed by atoms with Gasteiger partial charge in [-0.25, -0.2) is 4.79 Å².